The van der Waals surface area contributed by atoms with E-state index in [4.69, 9.17) is 6.42 Å². The molecule has 1 heterocycles. The van der Waals surface area contributed by atoms with Crippen molar-refractivity contribution in [3.05, 3.63) is 0 Å². The number of carbonyl (C=O) groups excluding carboxylic acids is 1. The lowest BCUT2D eigenvalue weighted by Crippen LogP contribution is -2.53. The standard InChI is InChI=1S/C11H15F3N2O/c1-3-4-8(2)16-9(17)10(11(12,13)14)5-6-15-7-10/h1,8,15H,4-7H2,2H3,(H,16,17). The van der Waals surface area contributed by atoms with Crippen molar-refractivity contribution in [1.29, 1.82) is 0 Å². The molecule has 2 unspecified atom stereocenters. The maximum absolute atomic E-state index is 13.0. The molecule has 6 heteroatoms. The minimum atomic E-state index is -4.55. The van der Waals surface area contributed by atoms with Crippen LogP contribution in [-0.2, 0) is 4.79 Å². The molecule has 1 saturated heterocycles. The third kappa shape index (κ3) is 2.72. The SMILES string of the molecule is C#CCC(C)NC(=O)C1(C(F)(F)F)CCNC1. The fraction of sp³-hybridized carbons (Fsp3) is 0.727. The minimum Gasteiger partial charge on any atom is -0.352 e. The van der Waals surface area contributed by atoms with Crippen LogP contribution in [0, 0.1) is 17.8 Å². The molecule has 0 radical (unpaired) electrons. The zero-order valence-corrected chi connectivity index (χ0v) is 9.53. The second-order valence-corrected chi connectivity index (χ2v) is 4.29. The van der Waals surface area contributed by atoms with Gasteiger partial charge in [0, 0.05) is 19.0 Å². The van der Waals surface area contributed by atoms with Gasteiger partial charge in [-0.15, -0.1) is 12.3 Å². The third-order valence-corrected chi connectivity index (χ3v) is 2.93. The highest BCUT2D eigenvalue weighted by Gasteiger charge is 2.61. The van der Waals surface area contributed by atoms with E-state index in [0.717, 1.165) is 0 Å². The molecule has 1 aliphatic heterocycles. The van der Waals surface area contributed by atoms with E-state index < -0.39 is 23.5 Å². The Morgan fingerprint density at radius 2 is 2.29 bits per heavy atom. The van der Waals surface area contributed by atoms with E-state index in [-0.39, 0.29) is 25.9 Å². The summed E-state index contributed by atoms with van der Waals surface area (Å²) in [4.78, 5) is 11.8. The first-order valence-electron chi connectivity index (χ1n) is 5.35. The number of halogens is 3. The van der Waals surface area contributed by atoms with Crippen LogP contribution in [0.1, 0.15) is 19.8 Å². The van der Waals surface area contributed by atoms with Crippen molar-refractivity contribution < 1.29 is 18.0 Å². The molecule has 0 saturated carbocycles. The molecule has 2 N–H and O–H groups in total. The molecule has 0 aliphatic carbocycles. The highest BCUT2D eigenvalue weighted by Crippen LogP contribution is 2.43. The summed E-state index contributed by atoms with van der Waals surface area (Å²) in [6, 6.07) is -0.452. The molecule has 1 rings (SSSR count). The van der Waals surface area contributed by atoms with Gasteiger partial charge in [0.2, 0.25) is 5.91 Å². The van der Waals surface area contributed by atoms with Crippen LogP contribution in [0.3, 0.4) is 0 Å². The largest absolute Gasteiger partial charge is 0.404 e. The molecule has 0 aromatic heterocycles. The summed E-state index contributed by atoms with van der Waals surface area (Å²) in [5.41, 5.74) is -2.31. The summed E-state index contributed by atoms with van der Waals surface area (Å²) in [6.07, 6.45) is 0.481. The smallest absolute Gasteiger partial charge is 0.352 e. The van der Waals surface area contributed by atoms with Crippen LogP contribution in [0.4, 0.5) is 13.2 Å². The van der Waals surface area contributed by atoms with Crippen molar-refractivity contribution in [2.45, 2.75) is 32.0 Å². The quantitative estimate of drug-likeness (QED) is 0.733. The monoisotopic (exact) mass is 248 g/mol. The van der Waals surface area contributed by atoms with Gasteiger partial charge >= 0.3 is 6.18 Å². The predicted molar refractivity (Wildman–Crippen MR) is 57.0 cm³/mol. The van der Waals surface area contributed by atoms with Gasteiger partial charge in [-0.2, -0.15) is 13.2 Å². The van der Waals surface area contributed by atoms with Gasteiger partial charge in [0.25, 0.3) is 0 Å². The summed E-state index contributed by atoms with van der Waals surface area (Å²) < 4.78 is 38.9. The van der Waals surface area contributed by atoms with Crippen LogP contribution in [0.2, 0.25) is 0 Å². The van der Waals surface area contributed by atoms with Crippen molar-refractivity contribution in [3.8, 4) is 12.3 Å². The number of carbonyl (C=O) groups is 1. The zero-order valence-electron chi connectivity index (χ0n) is 9.53. The Hall–Kier alpha value is -1.22. The predicted octanol–water partition coefficient (Wildman–Crippen LogP) is 1.06. The molecular formula is C11H15F3N2O. The number of alkyl halides is 3. The Kier molecular flexibility index (Phi) is 4.04. The maximum atomic E-state index is 13.0. The van der Waals surface area contributed by atoms with Crippen LogP contribution < -0.4 is 10.6 Å². The van der Waals surface area contributed by atoms with Gasteiger partial charge in [0.15, 0.2) is 5.41 Å². The van der Waals surface area contributed by atoms with E-state index in [1.165, 1.54) is 0 Å². The van der Waals surface area contributed by atoms with Crippen LogP contribution in [-0.4, -0.2) is 31.2 Å². The van der Waals surface area contributed by atoms with E-state index in [2.05, 4.69) is 16.6 Å². The van der Waals surface area contributed by atoms with Crippen LogP contribution in [0.15, 0.2) is 0 Å². The molecule has 0 spiro atoms. The van der Waals surface area contributed by atoms with Crippen molar-refractivity contribution in [2.24, 2.45) is 5.41 Å². The number of terminal acetylenes is 1. The van der Waals surface area contributed by atoms with E-state index >= 15 is 0 Å². The molecule has 1 aliphatic rings. The van der Waals surface area contributed by atoms with Crippen LogP contribution >= 0.6 is 0 Å². The maximum Gasteiger partial charge on any atom is 0.404 e. The average Bonchev–Trinajstić information content (AvgIpc) is 2.66. The molecule has 2 atom stereocenters. The summed E-state index contributed by atoms with van der Waals surface area (Å²) in [5, 5.41) is 4.91. The van der Waals surface area contributed by atoms with Gasteiger partial charge in [0.05, 0.1) is 0 Å². The van der Waals surface area contributed by atoms with Gasteiger partial charge in [-0.05, 0) is 19.9 Å². The Morgan fingerprint density at radius 3 is 2.71 bits per heavy atom. The molecule has 0 aromatic rings. The highest BCUT2D eigenvalue weighted by atomic mass is 19.4. The van der Waals surface area contributed by atoms with Gasteiger partial charge in [-0.3, -0.25) is 4.79 Å². The number of nitrogens with one attached hydrogen (secondary N) is 2. The van der Waals surface area contributed by atoms with Gasteiger partial charge in [-0.1, -0.05) is 0 Å². The Bertz CT molecular complexity index is 327. The van der Waals surface area contributed by atoms with Gasteiger partial charge < -0.3 is 10.6 Å². The lowest BCUT2D eigenvalue weighted by atomic mass is 9.85. The van der Waals surface area contributed by atoms with E-state index in [0.29, 0.717) is 0 Å². The molecule has 0 aromatic carbocycles. The number of hydrogen-bond acceptors (Lipinski definition) is 2. The molecule has 0 bridgehead atoms. The first-order chi connectivity index (χ1) is 7.83. The fourth-order valence-electron chi connectivity index (χ4n) is 1.85. The second-order valence-electron chi connectivity index (χ2n) is 4.29. The van der Waals surface area contributed by atoms with Gasteiger partial charge in [0.1, 0.15) is 0 Å². The Labute approximate surface area is 98.1 Å². The summed E-state index contributed by atoms with van der Waals surface area (Å²) >= 11 is 0. The lowest BCUT2D eigenvalue weighted by Gasteiger charge is -2.30. The van der Waals surface area contributed by atoms with Crippen molar-refractivity contribution in [2.75, 3.05) is 13.1 Å². The van der Waals surface area contributed by atoms with Crippen molar-refractivity contribution >= 4 is 5.91 Å². The fourth-order valence-corrected chi connectivity index (χ4v) is 1.85. The average molecular weight is 248 g/mol. The number of hydrogen-bond donors (Lipinski definition) is 2. The Balaban J connectivity index is 2.80. The minimum absolute atomic E-state index is 0.191. The molecule has 1 fully saturated rings. The number of amides is 1. The second kappa shape index (κ2) is 4.96. The number of rotatable bonds is 3. The zero-order chi connectivity index (χ0) is 13.1. The first-order valence-corrected chi connectivity index (χ1v) is 5.35. The topological polar surface area (TPSA) is 41.1 Å². The third-order valence-electron chi connectivity index (χ3n) is 2.93. The summed E-state index contributed by atoms with van der Waals surface area (Å²) in [7, 11) is 0. The highest BCUT2D eigenvalue weighted by molar-refractivity contribution is 5.84. The summed E-state index contributed by atoms with van der Waals surface area (Å²) in [5.74, 6) is 1.31. The van der Waals surface area contributed by atoms with E-state index in [9.17, 15) is 18.0 Å². The lowest BCUT2D eigenvalue weighted by molar-refractivity contribution is -0.216. The molecule has 17 heavy (non-hydrogen) atoms. The van der Waals surface area contributed by atoms with Gasteiger partial charge in [-0.25, -0.2) is 0 Å². The van der Waals surface area contributed by atoms with E-state index in [1.54, 1.807) is 6.92 Å². The summed E-state index contributed by atoms with van der Waals surface area (Å²) in [6.45, 7) is 1.41. The molecule has 1 amide bonds. The van der Waals surface area contributed by atoms with E-state index in [1.807, 2.05) is 0 Å². The molecule has 3 nitrogen and oxygen atoms in total. The Morgan fingerprint density at radius 1 is 1.65 bits per heavy atom. The van der Waals surface area contributed by atoms with Crippen LogP contribution in [0.5, 0.6) is 0 Å². The normalized spacial score (nSPS) is 26.3. The van der Waals surface area contributed by atoms with Crippen molar-refractivity contribution in [1.82, 2.24) is 10.6 Å². The first kappa shape index (κ1) is 13.8. The van der Waals surface area contributed by atoms with Crippen LogP contribution in [0.25, 0.3) is 0 Å². The molecular weight excluding hydrogens is 233 g/mol. The molecule has 96 valence electrons. The van der Waals surface area contributed by atoms with Crippen molar-refractivity contribution in [3.63, 3.8) is 0 Å².